The molecule has 10 rings (SSSR count). The highest BCUT2D eigenvalue weighted by Crippen LogP contribution is 2.39. The predicted molar refractivity (Wildman–Crippen MR) is 240 cm³/mol. The summed E-state index contributed by atoms with van der Waals surface area (Å²) in [5, 5.41) is 0. The first kappa shape index (κ1) is 36.1. The van der Waals surface area contributed by atoms with E-state index in [0.29, 0.717) is 17.5 Å². The van der Waals surface area contributed by atoms with Crippen LogP contribution in [0.2, 0.25) is 0 Å². The molecule has 0 radical (unpaired) electrons. The molecule has 0 aliphatic carbocycles. The lowest BCUT2D eigenvalue weighted by Crippen LogP contribution is -2.00. The second kappa shape index (κ2) is 16.3. The topological polar surface area (TPSA) is 90.2 Å². The van der Waals surface area contributed by atoms with Gasteiger partial charge in [-0.25, -0.2) is 15.0 Å². The van der Waals surface area contributed by atoms with Crippen LogP contribution in [-0.4, -0.2) is 34.9 Å². The number of nitrogens with zero attached hydrogens (tertiary/aromatic N) is 7. The second-order valence-electron chi connectivity index (χ2n) is 14.3. The van der Waals surface area contributed by atoms with Crippen LogP contribution in [0.5, 0.6) is 0 Å². The molecule has 7 nitrogen and oxygen atoms in total. The lowest BCUT2D eigenvalue weighted by molar-refractivity contribution is 1.07. The van der Waals surface area contributed by atoms with E-state index in [-0.39, 0.29) is 0 Å². The van der Waals surface area contributed by atoms with Gasteiger partial charge in [-0.3, -0.25) is 19.9 Å². The van der Waals surface area contributed by atoms with Gasteiger partial charge in [0.15, 0.2) is 17.5 Å². The molecule has 0 bridgehead atoms. The Morgan fingerprint density at radius 2 is 0.450 bits per heavy atom. The lowest BCUT2D eigenvalue weighted by Gasteiger charge is -2.15. The predicted octanol–water partition coefficient (Wildman–Crippen LogP) is 12.5. The van der Waals surface area contributed by atoms with E-state index >= 15 is 0 Å². The second-order valence-corrected chi connectivity index (χ2v) is 14.3. The fourth-order valence-electron chi connectivity index (χ4n) is 7.34. The van der Waals surface area contributed by atoms with Crippen LogP contribution in [0, 0.1) is 0 Å². The Balaban J connectivity index is 1.24. The molecule has 5 aromatic carbocycles. The molecule has 0 spiro atoms. The molecule has 0 saturated heterocycles. The molecule has 282 valence electrons. The molecule has 60 heavy (non-hydrogen) atoms. The quantitative estimate of drug-likeness (QED) is 0.144. The fourth-order valence-corrected chi connectivity index (χ4v) is 7.34. The van der Waals surface area contributed by atoms with Gasteiger partial charge in [-0.15, -0.1) is 0 Å². The van der Waals surface area contributed by atoms with Crippen LogP contribution in [0.3, 0.4) is 0 Å². The van der Waals surface area contributed by atoms with Gasteiger partial charge in [0.05, 0.1) is 22.8 Å². The Bertz CT molecular complexity index is 2540. The average Bonchev–Trinajstić information content (AvgIpc) is 3.35. The molecular formula is C53H35N7. The van der Waals surface area contributed by atoms with Crippen LogP contribution < -0.4 is 0 Å². The minimum atomic E-state index is 0.558. The van der Waals surface area contributed by atoms with Crippen molar-refractivity contribution in [3.63, 3.8) is 0 Å². The maximum atomic E-state index is 5.17. The van der Waals surface area contributed by atoms with E-state index in [0.717, 1.165) is 84.0 Å². The minimum absolute atomic E-state index is 0.558. The summed E-state index contributed by atoms with van der Waals surface area (Å²) in [6, 6.07) is 63.7. The molecule has 0 amide bonds. The molecule has 0 N–H and O–H groups in total. The number of pyridine rings is 4. The largest absolute Gasteiger partial charge is 0.256 e. The van der Waals surface area contributed by atoms with E-state index in [2.05, 4.69) is 54.6 Å². The average molecular weight is 770 g/mol. The molecule has 0 fully saturated rings. The number of hydrogen-bond acceptors (Lipinski definition) is 7. The fraction of sp³-hybridized carbons (Fsp3) is 0. The normalized spacial score (nSPS) is 11.0. The molecule has 5 aromatic heterocycles. The number of hydrogen-bond donors (Lipinski definition) is 0. The summed E-state index contributed by atoms with van der Waals surface area (Å²) >= 11 is 0. The summed E-state index contributed by atoms with van der Waals surface area (Å²) in [6.45, 7) is 0. The Hall–Kier alpha value is -8.29. The van der Waals surface area contributed by atoms with Gasteiger partial charge in [-0.2, -0.15) is 0 Å². The van der Waals surface area contributed by atoms with Gasteiger partial charge >= 0.3 is 0 Å². The van der Waals surface area contributed by atoms with Gasteiger partial charge in [0.2, 0.25) is 0 Å². The molecule has 0 aliphatic heterocycles. The highest BCUT2D eigenvalue weighted by Gasteiger charge is 2.18. The van der Waals surface area contributed by atoms with Gasteiger partial charge in [-0.05, 0) is 125 Å². The monoisotopic (exact) mass is 769 g/mol. The summed E-state index contributed by atoms with van der Waals surface area (Å²) in [4.78, 5) is 34.3. The van der Waals surface area contributed by atoms with E-state index in [1.54, 1.807) is 0 Å². The highest BCUT2D eigenvalue weighted by atomic mass is 15.0. The Morgan fingerprint density at radius 1 is 0.200 bits per heavy atom. The summed E-state index contributed by atoms with van der Waals surface area (Å²) < 4.78 is 0. The van der Waals surface area contributed by atoms with Gasteiger partial charge in [0.1, 0.15) is 0 Å². The van der Waals surface area contributed by atoms with Crippen molar-refractivity contribution in [1.29, 1.82) is 0 Å². The first-order chi connectivity index (χ1) is 29.7. The van der Waals surface area contributed by atoms with Crippen molar-refractivity contribution in [2.24, 2.45) is 0 Å². The molecule has 7 heteroatoms. The maximum absolute atomic E-state index is 5.17. The van der Waals surface area contributed by atoms with E-state index in [4.69, 9.17) is 34.9 Å². The standard InChI is InChI=1S/C53H35N7/c1-3-15-36(16-4-1)51-58-52(37-17-5-2-6-18-37)60-53(59-51)46-32-38(40-28-42(47-19-7-11-23-54-47)34-43(29-40)48-20-8-12-24-55-48)27-39(33-46)41-30-44(49-21-9-13-25-56-49)35-45(31-41)50-22-10-14-26-57-50/h1-35H. The van der Waals surface area contributed by atoms with Gasteiger partial charge in [-0.1, -0.05) is 84.9 Å². The molecule has 0 unspecified atom stereocenters. The van der Waals surface area contributed by atoms with Crippen LogP contribution >= 0.6 is 0 Å². The van der Waals surface area contributed by atoms with Gasteiger partial charge in [0, 0.05) is 63.7 Å². The maximum Gasteiger partial charge on any atom is 0.164 e. The van der Waals surface area contributed by atoms with E-state index in [1.165, 1.54) is 0 Å². The SMILES string of the molecule is c1ccc(-c2nc(-c3ccccc3)nc(-c3cc(-c4cc(-c5ccccn5)cc(-c5ccccn5)c4)cc(-c4cc(-c5ccccn5)cc(-c5ccccn5)c4)c3)n2)cc1. The first-order valence-electron chi connectivity index (χ1n) is 19.7. The minimum Gasteiger partial charge on any atom is -0.256 e. The van der Waals surface area contributed by atoms with Crippen molar-refractivity contribution in [3.8, 4) is 101 Å². The van der Waals surface area contributed by atoms with Crippen molar-refractivity contribution in [1.82, 2.24) is 34.9 Å². The van der Waals surface area contributed by atoms with Gasteiger partial charge in [0.25, 0.3) is 0 Å². The van der Waals surface area contributed by atoms with Crippen LogP contribution in [0.25, 0.3) is 101 Å². The molecule has 0 aliphatic rings. The Labute approximate surface area is 347 Å². The molecule has 5 heterocycles. The van der Waals surface area contributed by atoms with Crippen molar-refractivity contribution < 1.29 is 0 Å². The van der Waals surface area contributed by atoms with E-state index < -0.39 is 0 Å². The van der Waals surface area contributed by atoms with Crippen molar-refractivity contribution in [2.45, 2.75) is 0 Å². The Kier molecular flexibility index (Phi) is 9.79. The molecule has 10 aromatic rings. The van der Waals surface area contributed by atoms with Gasteiger partial charge < -0.3 is 0 Å². The first-order valence-corrected chi connectivity index (χ1v) is 19.7. The van der Waals surface area contributed by atoms with Crippen LogP contribution in [0.15, 0.2) is 213 Å². The van der Waals surface area contributed by atoms with Crippen LogP contribution in [0.4, 0.5) is 0 Å². The number of aromatic nitrogens is 7. The zero-order chi connectivity index (χ0) is 40.1. The Morgan fingerprint density at radius 3 is 0.750 bits per heavy atom. The zero-order valence-electron chi connectivity index (χ0n) is 32.3. The summed E-state index contributed by atoms with van der Waals surface area (Å²) in [5.41, 5.74) is 14.0. The van der Waals surface area contributed by atoms with Crippen molar-refractivity contribution in [3.05, 3.63) is 213 Å². The van der Waals surface area contributed by atoms with Crippen LogP contribution in [-0.2, 0) is 0 Å². The van der Waals surface area contributed by atoms with Crippen LogP contribution in [0.1, 0.15) is 0 Å². The molecular weight excluding hydrogens is 735 g/mol. The lowest BCUT2D eigenvalue weighted by atomic mass is 9.91. The van der Waals surface area contributed by atoms with Crippen molar-refractivity contribution >= 4 is 0 Å². The summed E-state index contributed by atoms with van der Waals surface area (Å²) in [6.07, 6.45) is 7.30. The van der Waals surface area contributed by atoms with E-state index in [1.807, 2.05) is 158 Å². The third-order valence-electron chi connectivity index (χ3n) is 10.3. The number of rotatable bonds is 9. The molecule has 0 atom stereocenters. The number of benzene rings is 5. The molecule has 0 saturated carbocycles. The smallest absolute Gasteiger partial charge is 0.164 e. The van der Waals surface area contributed by atoms with E-state index in [9.17, 15) is 0 Å². The highest BCUT2D eigenvalue weighted by molar-refractivity contribution is 5.87. The summed E-state index contributed by atoms with van der Waals surface area (Å²) in [7, 11) is 0. The van der Waals surface area contributed by atoms with Crippen molar-refractivity contribution in [2.75, 3.05) is 0 Å². The zero-order valence-corrected chi connectivity index (χ0v) is 32.3. The summed E-state index contributed by atoms with van der Waals surface area (Å²) in [5.74, 6) is 1.74. The third kappa shape index (κ3) is 7.71. The third-order valence-corrected chi connectivity index (χ3v) is 10.3.